The predicted octanol–water partition coefficient (Wildman–Crippen LogP) is 3.03. The lowest BCUT2D eigenvalue weighted by Gasteiger charge is -2.15. The summed E-state index contributed by atoms with van der Waals surface area (Å²) in [7, 11) is 0.122. The molecule has 1 aromatic heterocycles. The second-order valence-corrected chi connectivity index (χ2v) is 12.5. The molecule has 3 nitrogen and oxygen atoms in total. The molecule has 0 radical (unpaired) electrons. The largest absolute Gasteiger partial charge is 0.230 e. The van der Waals surface area contributed by atoms with Gasteiger partial charge in [-0.15, -0.1) is 5.10 Å². The molecule has 0 unspecified atom stereocenters. The molecule has 0 aromatic carbocycles. The Morgan fingerprint density at radius 1 is 1.29 bits per heavy atom. The van der Waals surface area contributed by atoms with Gasteiger partial charge in [0.25, 0.3) is 0 Å². The summed E-state index contributed by atoms with van der Waals surface area (Å²) in [4.78, 5) is 0. The Balaban J connectivity index is 2.79. The zero-order chi connectivity index (χ0) is 11.0. The highest BCUT2D eigenvalue weighted by Gasteiger charge is 2.21. The molecule has 0 fully saturated rings. The SMILES string of the molecule is CC(C)(C)c1nnn(C[Si](C)(C)C)p1. The molecule has 1 heterocycles. The van der Waals surface area contributed by atoms with E-state index in [2.05, 4.69) is 55.2 Å². The molecule has 80 valence electrons. The Morgan fingerprint density at radius 2 is 1.86 bits per heavy atom. The molecule has 0 N–H and O–H groups in total. The average molecular weight is 229 g/mol. The molecular formula is C9H20N3PSi. The first kappa shape index (κ1) is 11.9. The van der Waals surface area contributed by atoms with E-state index in [0.717, 1.165) is 6.17 Å². The summed E-state index contributed by atoms with van der Waals surface area (Å²) in [6, 6.07) is 0. The highest BCUT2D eigenvalue weighted by molar-refractivity contribution is 7.26. The highest BCUT2D eigenvalue weighted by atomic mass is 31.0. The second kappa shape index (κ2) is 3.74. The van der Waals surface area contributed by atoms with Gasteiger partial charge in [-0.05, 0) is 0 Å². The molecule has 0 atom stereocenters. The van der Waals surface area contributed by atoms with E-state index < -0.39 is 8.07 Å². The molecular weight excluding hydrogens is 209 g/mol. The fourth-order valence-corrected chi connectivity index (χ4v) is 4.18. The van der Waals surface area contributed by atoms with Gasteiger partial charge in [-0.1, -0.05) is 45.6 Å². The van der Waals surface area contributed by atoms with Crippen LogP contribution in [0, 0.1) is 0 Å². The van der Waals surface area contributed by atoms with Gasteiger partial charge in [-0.3, -0.25) is 0 Å². The van der Waals surface area contributed by atoms with Gasteiger partial charge >= 0.3 is 0 Å². The molecule has 0 aliphatic carbocycles. The summed E-state index contributed by atoms with van der Waals surface area (Å²) < 4.78 is 2.09. The van der Waals surface area contributed by atoms with Crippen LogP contribution in [0.2, 0.25) is 19.6 Å². The van der Waals surface area contributed by atoms with Crippen molar-refractivity contribution in [2.45, 2.75) is 52.0 Å². The van der Waals surface area contributed by atoms with E-state index in [-0.39, 0.29) is 5.41 Å². The van der Waals surface area contributed by atoms with Crippen LogP contribution in [-0.2, 0) is 11.6 Å². The summed E-state index contributed by atoms with van der Waals surface area (Å²) in [6.07, 6.45) is 1.09. The van der Waals surface area contributed by atoms with Crippen LogP contribution < -0.4 is 0 Å². The zero-order valence-electron chi connectivity index (χ0n) is 10.00. The first-order valence-electron chi connectivity index (χ1n) is 4.97. The first-order valence-corrected chi connectivity index (χ1v) is 9.52. The summed E-state index contributed by atoms with van der Waals surface area (Å²) in [5.74, 6) is 0. The van der Waals surface area contributed by atoms with E-state index in [4.69, 9.17) is 0 Å². The lowest BCUT2D eigenvalue weighted by atomic mass is 9.98. The molecule has 0 aliphatic rings. The third kappa shape index (κ3) is 3.50. The normalized spacial score (nSPS) is 13.9. The van der Waals surface area contributed by atoms with Crippen LogP contribution in [0.3, 0.4) is 0 Å². The second-order valence-electron chi connectivity index (χ2n) is 5.95. The van der Waals surface area contributed by atoms with Gasteiger partial charge in [-0.25, -0.2) is 4.44 Å². The average Bonchev–Trinajstić information content (AvgIpc) is 2.29. The van der Waals surface area contributed by atoms with Crippen LogP contribution in [0.4, 0.5) is 0 Å². The fourth-order valence-electron chi connectivity index (χ4n) is 1.03. The van der Waals surface area contributed by atoms with E-state index in [0.29, 0.717) is 0 Å². The van der Waals surface area contributed by atoms with Crippen molar-refractivity contribution in [3.8, 4) is 0 Å². The van der Waals surface area contributed by atoms with Crippen molar-refractivity contribution in [1.82, 2.24) is 14.8 Å². The van der Waals surface area contributed by atoms with E-state index in [1.165, 1.54) is 13.8 Å². The Morgan fingerprint density at radius 3 is 2.21 bits per heavy atom. The van der Waals surface area contributed by atoms with Gasteiger partial charge in [0.05, 0.1) is 16.4 Å². The van der Waals surface area contributed by atoms with Crippen LogP contribution in [0.5, 0.6) is 0 Å². The van der Waals surface area contributed by atoms with Crippen molar-refractivity contribution < 1.29 is 0 Å². The molecule has 0 amide bonds. The molecule has 0 bridgehead atoms. The predicted molar refractivity (Wildman–Crippen MR) is 64.6 cm³/mol. The van der Waals surface area contributed by atoms with E-state index in [1.54, 1.807) is 0 Å². The summed E-state index contributed by atoms with van der Waals surface area (Å²) in [6.45, 7) is 13.6. The van der Waals surface area contributed by atoms with Crippen molar-refractivity contribution in [1.29, 1.82) is 0 Å². The maximum absolute atomic E-state index is 4.25. The molecule has 0 spiro atoms. The zero-order valence-corrected chi connectivity index (χ0v) is 11.9. The van der Waals surface area contributed by atoms with Gasteiger partial charge in [0.2, 0.25) is 0 Å². The van der Waals surface area contributed by atoms with Crippen LogP contribution in [0.15, 0.2) is 0 Å². The van der Waals surface area contributed by atoms with Crippen LogP contribution in [0.25, 0.3) is 0 Å². The molecule has 14 heavy (non-hydrogen) atoms. The minimum Gasteiger partial charge on any atom is -0.230 e. The fraction of sp³-hybridized carbons (Fsp3) is 0.889. The van der Waals surface area contributed by atoms with Crippen LogP contribution in [-0.4, -0.2) is 22.8 Å². The van der Waals surface area contributed by atoms with Crippen molar-refractivity contribution in [3.05, 3.63) is 5.43 Å². The molecule has 5 heteroatoms. The molecule has 1 aromatic rings. The van der Waals surface area contributed by atoms with Crippen molar-refractivity contribution in [2.75, 3.05) is 0 Å². The van der Waals surface area contributed by atoms with Crippen LogP contribution in [0.1, 0.15) is 26.2 Å². The van der Waals surface area contributed by atoms with Gasteiger partial charge in [0.1, 0.15) is 5.43 Å². The lowest BCUT2D eigenvalue weighted by Crippen LogP contribution is -2.27. The minimum absolute atomic E-state index is 0.152. The Bertz CT molecular complexity index is 309. The summed E-state index contributed by atoms with van der Waals surface area (Å²) in [5.41, 5.74) is 1.33. The quantitative estimate of drug-likeness (QED) is 0.730. The Kier molecular flexibility index (Phi) is 3.17. The number of hydrogen-bond donors (Lipinski definition) is 0. The number of nitrogens with zero attached hydrogens (tertiary/aromatic N) is 3. The van der Waals surface area contributed by atoms with E-state index in [9.17, 15) is 0 Å². The number of rotatable bonds is 2. The van der Waals surface area contributed by atoms with Gasteiger partial charge in [0, 0.05) is 11.6 Å². The smallest absolute Gasteiger partial charge is 0.115 e. The third-order valence-electron chi connectivity index (χ3n) is 1.74. The Labute approximate surface area is 89.1 Å². The lowest BCUT2D eigenvalue weighted by molar-refractivity contribution is 0.572. The monoisotopic (exact) mass is 229 g/mol. The molecule has 0 aliphatic heterocycles. The maximum Gasteiger partial charge on any atom is 0.115 e. The molecule has 0 saturated carbocycles. The number of aromatic nitrogens is 3. The van der Waals surface area contributed by atoms with Gasteiger partial charge < -0.3 is 0 Å². The first-order chi connectivity index (χ1) is 6.18. The molecule has 0 saturated heterocycles. The third-order valence-corrected chi connectivity index (χ3v) is 4.66. The Hall–Kier alpha value is -0.213. The topological polar surface area (TPSA) is 30.7 Å². The van der Waals surface area contributed by atoms with Crippen molar-refractivity contribution in [3.63, 3.8) is 0 Å². The van der Waals surface area contributed by atoms with Gasteiger partial charge in [0.15, 0.2) is 0 Å². The van der Waals surface area contributed by atoms with E-state index in [1.807, 2.05) is 0 Å². The van der Waals surface area contributed by atoms with Gasteiger partial charge in [-0.2, -0.15) is 0 Å². The maximum atomic E-state index is 4.25. The standard InChI is InChI=1S/C9H20N3PSi/c1-9(2,3)8-10-11-12(13-8)7-14(4,5)6/h7H2,1-6H3. The summed E-state index contributed by atoms with van der Waals surface area (Å²) in [5, 5.41) is 8.46. The molecule has 1 rings (SSSR count). The van der Waals surface area contributed by atoms with Crippen molar-refractivity contribution in [2.24, 2.45) is 0 Å². The highest BCUT2D eigenvalue weighted by Crippen LogP contribution is 2.26. The summed E-state index contributed by atoms with van der Waals surface area (Å²) >= 11 is 0. The van der Waals surface area contributed by atoms with Crippen LogP contribution >= 0.6 is 8.35 Å². The van der Waals surface area contributed by atoms with E-state index >= 15 is 0 Å². The minimum atomic E-state index is -1.06. The van der Waals surface area contributed by atoms with Crippen molar-refractivity contribution >= 4 is 16.4 Å². The number of hydrogen-bond acceptors (Lipinski definition) is 2.